The Morgan fingerprint density at radius 1 is 1.58 bits per heavy atom. The number of hydrogen-bond donors (Lipinski definition) is 1. The van der Waals surface area contributed by atoms with Crippen molar-refractivity contribution >= 4 is 17.1 Å². The first-order valence-corrected chi connectivity index (χ1v) is 4.91. The van der Waals surface area contributed by atoms with Crippen LogP contribution >= 0.6 is 11.3 Å². The van der Waals surface area contributed by atoms with Crippen LogP contribution in [0.2, 0.25) is 0 Å². The molecule has 0 fully saturated rings. The number of Topliss-reactive ketones (excluding diaryl/α,β-unsaturated/α-hetero) is 1. The van der Waals surface area contributed by atoms with Crippen molar-refractivity contribution in [2.75, 3.05) is 6.61 Å². The van der Waals surface area contributed by atoms with Crippen LogP contribution in [0, 0.1) is 0 Å². The largest absolute Gasteiger partial charge is 0.396 e. The van der Waals surface area contributed by atoms with E-state index in [1.165, 1.54) is 0 Å². The molecule has 0 amide bonds. The molecule has 1 heterocycles. The highest BCUT2D eigenvalue weighted by atomic mass is 32.1. The summed E-state index contributed by atoms with van der Waals surface area (Å²) in [5.74, 6) is 0.211. The maximum absolute atomic E-state index is 11.2. The molecule has 12 heavy (non-hydrogen) atoms. The average molecular weight is 184 g/mol. The first-order valence-electron chi connectivity index (χ1n) is 3.96. The molecule has 0 aliphatic carbocycles. The molecule has 0 bridgehead atoms. The summed E-state index contributed by atoms with van der Waals surface area (Å²) < 4.78 is 0. The van der Waals surface area contributed by atoms with Crippen LogP contribution in [0.5, 0.6) is 0 Å². The van der Waals surface area contributed by atoms with E-state index in [-0.39, 0.29) is 12.4 Å². The monoisotopic (exact) mass is 184 g/mol. The van der Waals surface area contributed by atoms with Gasteiger partial charge >= 0.3 is 0 Å². The summed E-state index contributed by atoms with van der Waals surface area (Å²) in [4.78, 5) is 11.2. The molecule has 1 rings (SSSR count). The normalized spacial score (nSPS) is 10.1. The van der Waals surface area contributed by atoms with Gasteiger partial charge in [0.15, 0.2) is 0 Å². The molecular formula is C9H12O2S. The lowest BCUT2D eigenvalue weighted by atomic mass is 10.1. The van der Waals surface area contributed by atoms with Crippen molar-refractivity contribution in [3.8, 4) is 0 Å². The standard InChI is InChI=1S/C9H12O2S/c10-4-1-2-9(11)6-8-3-5-12-7-8/h3,5,7,10H,1-2,4,6H2. The fraction of sp³-hybridized carbons (Fsp3) is 0.444. The van der Waals surface area contributed by atoms with Gasteiger partial charge in [-0.25, -0.2) is 0 Å². The van der Waals surface area contributed by atoms with Gasteiger partial charge in [-0.3, -0.25) is 4.79 Å². The second kappa shape index (κ2) is 5.06. The van der Waals surface area contributed by atoms with E-state index in [2.05, 4.69) is 0 Å². The van der Waals surface area contributed by atoms with Crippen molar-refractivity contribution < 1.29 is 9.90 Å². The van der Waals surface area contributed by atoms with Gasteiger partial charge in [0.25, 0.3) is 0 Å². The second-order valence-electron chi connectivity index (χ2n) is 2.67. The molecule has 66 valence electrons. The number of thiophene rings is 1. The van der Waals surface area contributed by atoms with E-state index >= 15 is 0 Å². The van der Waals surface area contributed by atoms with Gasteiger partial charge in [-0.2, -0.15) is 11.3 Å². The van der Waals surface area contributed by atoms with Gasteiger partial charge in [0, 0.05) is 19.4 Å². The van der Waals surface area contributed by atoms with Gasteiger partial charge in [-0.1, -0.05) is 0 Å². The zero-order chi connectivity index (χ0) is 8.81. The number of carbonyl (C=O) groups is 1. The molecule has 2 nitrogen and oxygen atoms in total. The Bertz CT molecular complexity index is 229. The van der Waals surface area contributed by atoms with Crippen molar-refractivity contribution in [3.05, 3.63) is 22.4 Å². The van der Waals surface area contributed by atoms with Crippen molar-refractivity contribution in [3.63, 3.8) is 0 Å². The topological polar surface area (TPSA) is 37.3 Å². The summed E-state index contributed by atoms with van der Waals surface area (Å²) in [6.07, 6.45) is 1.60. The number of hydrogen-bond acceptors (Lipinski definition) is 3. The number of aliphatic hydroxyl groups is 1. The summed E-state index contributed by atoms with van der Waals surface area (Å²) in [7, 11) is 0. The molecule has 0 spiro atoms. The summed E-state index contributed by atoms with van der Waals surface area (Å²) in [5.41, 5.74) is 1.09. The van der Waals surface area contributed by atoms with Crippen molar-refractivity contribution in [2.45, 2.75) is 19.3 Å². The molecule has 0 saturated heterocycles. The quantitative estimate of drug-likeness (QED) is 0.755. The predicted octanol–water partition coefficient (Wildman–Crippen LogP) is 1.63. The molecule has 0 unspecified atom stereocenters. The maximum atomic E-state index is 11.2. The third-order valence-electron chi connectivity index (χ3n) is 1.60. The highest BCUT2D eigenvalue weighted by Crippen LogP contribution is 2.08. The summed E-state index contributed by atoms with van der Waals surface area (Å²) in [5, 5.41) is 12.4. The van der Waals surface area contributed by atoms with Gasteiger partial charge in [0.1, 0.15) is 5.78 Å². The van der Waals surface area contributed by atoms with E-state index in [0.29, 0.717) is 19.3 Å². The Morgan fingerprint density at radius 2 is 2.42 bits per heavy atom. The van der Waals surface area contributed by atoms with Crippen LogP contribution in [0.4, 0.5) is 0 Å². The molecule has 1 aromatic heterocycles. The average Bonchev–Trinajstić information content (AvgIpc) is 2.53. The number of ketones is 1. The highest BCUT2D eigenvalue weighted by Gasteiger charge is 2.02. The first-order chi connectivity index (χ1) is 5.83. The zero-order valence-electron chi connectivity index (χ0n) is 6.82. The van der Waals surface area contributed by atoms with Crippen LogP contribution in [0.3, 0.4) is 0 Å². The molecule has 0 aliphatic heterocycles. The third kappa shape index (κ3) is 3.15. The minimum atomic E-state index is 0.107. The summed E-state index contributed by atoms with van der Waals surface area (Å²) in [6.45, 7) is 0.107. The maximum Gasteiger partial charge on any atom is 0.137 e. The summed E-state index contributed by atoms with van der Waals surface area (Å²) >= 11 is 1.60. The van der Waals surface area contributed by atoms with Crippen LogP contribution in [-0.4, -0.2) is 17.5 Å². The Balaban J connectivity index is 2.27. The van der Waals surface area contributed by atoms with Crippen LogP contribution < -0.4 is 0 Å². The first kappa shape index (κ1) is 9.42. The molecule has 0 radical (unpaired) electrons. The molecule has 0 aliphatic rings. The highest BCUT2D eigenvalue weighted by molar-refractivity contribution is 7.07. The van der Waals surface area contributed by atoms with Gasteiger partial charge in [-0.05, 0) is 28.8 Å². The van der Waals surface area contributed by atoms with Crippen molar-refractivity contribution in [2.24, 2.45) is 0 Å². The van der Waals surface area contributed by atoms with E-state index in [4.69, 9.17) is 5.11 Å². The van der Waals surface area contributed by atoms with Gasteiger partial charge in [0.2, 0.25) is 0 Å². The Morgan fingerprint density at radius 3 is 3.00 bits per heavy atom. The Hall–Kier alpha value is -0.670. The van der Waals surface area contributed by atoms with Crippen molar-refractivity contribution in [1.29, 1.82) is 0 Å². The van der Waals surface area contributed by atoms with Crippen LogP contribution in [0.25, 0.3) is 0 Å². The van der Waals surface area contributed by atoms with E-state index in [1.807, 2.05) is 16.8 Å². The fourth-order valence-electron chi connectivity index (χ4n) is 0.986. The number of rotatable bonds is 5. The van der Waals surface area contributed by atoms with Gasteiger partial charge < -0.3 is 5.11 Å². The van der Waals surface area contributed by atoms with E-state index < -0.39 is 0 Å². The molecule has 1 aromatic rings. The lowest BCUT2D eigenvalue weighted by Crippen LogP contribution is -2.02. The van der Waals surface area contributed by atoms with Crippen LogP contribution in [-0.2, 0) is 11.2 Å². The smallest absolute Gasteiger partial charge is 0.137 e. The van der Waals surface area contributed by atoms with E-state index in [1.54, 1.807) is 11.3 Å². The number of aliphatic hydroxyl groups excluding tert-OH is 1. The van der Waals surface area contributed by atoms with Crippen molar-refractivity contribution in [1.82, 2.24) is 0 Å². The Kier molecular flexibility index (Phi) is 3.97. The predicted molar refractivity (Wildman–Crippen MR) is 49.3 cm³/mol. The summed E-state index contributed by atoms with van der Waals surface area (Å²) in [6, 6.07) is 1.96. The zero-order valence-corrected chi connectivity index (χ0v) is 7.64. The SMILES string of the molecule is O=C(CCCO)Cc1ccsc1. The van der Waals surface area contributed by atoms with Gasteiger partial charge in [-0.15, -0.1) is 0 Å². The molecule has 0 aromatic carbocycles. The minimum Gasteiger partial charge on any atom is -0.396 e. The molecule has 1 N–H and O–H groups in total. The molecule has 0 saturated carbocycles. The van der Waals surface area contributed by atoms with Crippen LogP contribution in [0.1, 0.15) is 18.4 Å². The van der Waals surface area contributed by atoms with E-state index in [9.17, 15) is 4.79 Å². The molecular weight excluding hydrogens is 172 g/mol. The second-order valence-corrected chi connectivity index (χ2v) is 3.45. The van der Waals surface area contributed by atoms with Crippen LogP contribution in [0.15, 0.2) is 16.8 Å². The molecule has 3 heteroatoms. The fourth-order valence-corrected chi connectivity index (χ4v) is 1.65. The van der Waals surface area contributed by atoms with E-state index in [0.717, 1.165) is 5.56 Å². The molecule has 0 atom stereocenters. The third-order valence-corrected chi connectivity index (χ3v) is 2.33. The lowest BCUT2D eigenvalue weighted by molar-refractivity contribution is -0.118. The Labute approximate surface area is 75.9 Å². The van der Waals surface area contributed by atoms with Gasteiger partial charge in [0.05, 0.1) is 0 Å². The lowest BCUT2D eigenvalue weighted by Gasteiger charge is -1.95. The minimum absolute atomic E-state index is 0.107. The number of carbonyl (C=O) groups excluding carboxylic acids is 1.